The third-order valence-corrected chi connectivity index (χ3v) is 4.03. The van der Waals surface area contributed by atoms with Crippen molar-refractivity contribution in [2.24, 2.45) is 5.92 Å². The van der Waals surface area contributed by atoms with Gasteiger partial charge in [-0.1, -0.05) is 32.4 Å². The van der Waals surface area contributed by atoms with Gasteiger partial charge in [0, 0.05) is 19.3 Å². The molecule has 0 aromatic carbocycles. The van der Waals surface area contributed by atoms with Crippen molar-refractivity contribution in [3.8, 4) is 0 Å². The third kappa shape index (κ3) is 4.97. The van der Waals surface area contributed by atoms with E-state index in [0.29, 0.717) is 17.4 Å². The molecule has 7 heteroatoms. The smallest absolute Gasteiger partial charge is 0.242 e. The van der Waals surface area contributed by atoms with Crippen molar-refractivity contribution < 1.29 is 8.42 Å². The molecule has 0 aliphatic heterocycles. The molecule has 1 rings (SSSR count). The number of nitrogens with one attached hydrogen (secondary N) is 2. The van der Waals surface area contributed by atoms with Gasteiger partial charge in [-0.15, -0.1) is 0 Å². The number of pyridine rings is 1. The Morgan fingerprint density at radius 3 is 2.63 bits per heavy atom. The van der Waals surface area contributed by atoms with E-state index in [-0.39, 0.29) is 10.8 Å². The van der Waals surface area contributed by atoms with E-state index in [1.54, 1.807) is 0 Å². The fraction of sp³-hybridized carbons (Fsp3) is 0.583. The van der Waals surface area contributed by atoms with E-state index in [2.05, 4.69) is 15.0 Å². The predicted molar refractivity (Wildman–Crippen MR) is 78.1 cm³/mol. The summed E-state index contributed by atoms with van der Waals surface area (Å²) in [4.78, 5) is 4.13. The van der Waals surface area contributed by atoms with E-state index in [0.717, 1.165) is 13.0 Å². The van der Waals surface area contributed by atoms with Crippen LogP contribution in [0.4, 0.5) is 5.82 Å². The monoisotopic (exact) mass is 305 g/mol. The molecular weight excluding hydrogens is 286 g/mol. The Kier molecular flexibility index (Phi) is 6.03. The Hall–Kier alpha value is -0.850. The molecule has 0 unspecified atom stereocenters. The average Bonchev–Trinajstić information content (AvgIpc) is 2.35. The summed E-state index contributed by atoms with van der Waals surface area (Å²) in [6.07, 6.45) is 2.25. The van der Waals surface area contributed by atoms with Gasteiger partial charge in [0.2, 0.25) is 10.0 Å². The van der Waals surface area contributed by atoms with Gasteiger partial charge in [-0.3, -0.25) is 0 Å². The van der Waals surface area contributed by atoms with E-state index < -0.39 is 10.0 Å². The fourth-order valence-corrected chi connectivity index (χ4v) is 2.78. The standard InChI is InChI=1S/C12H20ClN3O2S/c1-4-5-14-12-11(13)6-10(8-15-12)19(17,18)16-7-9(2)3/h6,8-9,16H,4-5,7H2,1-3H3,(H,14,15). The number of rotatable bonds is 7. The Balaban J connectivity index is 2.87. The van der Waals surface area contributed by atoms with E-state index in [9.17, 15) is 8.42 Å². The highest BCUT2D eigenvalue weighted by molar-refractivity contribution is 7.89. The molecule has 0 radical (unpaired) electrons. The second kappa shape index (κ2) is 7.07. The third-order valence-electron chi connectivity index (χ3n) is 2.35. The maximum atomic E-state index is 12.0. The van der Waals surface area contributed by atoms with Crippen LogP contribution in [0.3, 0.4) is 0 Å². The topological polar surface area (TPSA) is 71.1 Å². The van der Waals surface area contributed by atoms with E-state index >= 15 is 0 Å². The molecule has 0 aliphatic rings. The first kappa shape index (κ1) is 16.2. The molecule has 1 aromatic heterocycles. The molecule has 1 heterocycles. The molecule has 0 saturated carbocycles. The van der Waals surface area contributed by atoms with Gasteiger partial charge in [0.1, 0.15) is 10.7 Å². The predicted octanol–water partition coefficient (Wildman–Crippen LogP) is 2.49. The van der Waals surface area contributed by atoms with Crippen molar-refractivity contribution in [3.63, 3.8) is 0 Å². The molecule has 0 saturated heterocycles. The Labute approximate surface area is 119 Å². The van der Waals surface area contributed by atoms with Crippen LogP contribution in [-0.4, -0.2) is 26.5 Å². The molecule has 19 heavy (non-hydrogen) atoms. The highest BCUT2D eigenvalue weighted by Gasteiger charge is 2.16. The van der Waals surface area contributed by atoms with Gasteiger partial charge in [0.05, 0.1) is 5.02 Å². The largest absolute Gasteiger partial charge is 0.369 e. The first-order chi connectivity index (χ1) is 8.86. The van der Waals surface area contributed by atoms with Crippen LogP contribution >= 0.6 is 11.6 Å². The summed E-state index contributed by atoms with van der Waals surface area (Å²) in [7, 11) is -3.54. The summed E-state index contributed by atoms with van der Waals surface area (Å²) < 4.78 is 26.5. The first-order valence-corrected chi connectivity index (χ1v) is 8.12. The van der Waals surface area contributed by atoms with Crippen molar-refractivity contribution in [3.05, 3.63) is 17.3 Å². The molecule has 0 bridgehead atoms. The molecule has 1 aromatic rings. The molecule has 0 amide bonds. The first-order valence-electron chi connectivity index (χ1n) is 6.26. The zero-order chi connectivity index (χ0) is 14.5. The lowest BCUT2D eigenvalue weighted by molar-refractivity contribution is 0.560. The van der Waals surface area contributed by atoms with Gasteiger partial charge in [0.15, 0.2) is 0 Å². The lowest BCUT2D eigenvalue weighted by Gasteiger charge is -2.10. The summed E-state index contributed by atoms with van der Waals surface area (Å²) in [6.45, 7) is 7.02. The molecule has 108 valence electrons. The summed E-state index contributed by atoms with van der Waals surface area (Å²) in [5.74, 6) is 0.745. The second-order valence-corrected chi connectivity index (χ2v) is 6.85. The lowest BCUT2D eigenvalue weighted by atomic mass is 10.2. The van der Waals surface area contributed by atoms with E-state index in [1.165, 1.54) is 12.3 Å². The molecule has 0 atom stereocenters. The van der Waals surface area contributed by atoms with Crippen LogP contribution in [0.1, 0.15) is 27.2 Å². The normalized spacial score (nSPS) is 11.8. The van der Waals surface area contributed by atoms with Gasteiger partial charge in [-0.25, -0.2) is 18.1 Å². The van der Waals surface area contributed by atoms with Crippen LogP contribution < -0.4 is 10.0 Å². The minimum Gasteiger partial charge on any atom is -0.369 e. The van der Waals surface area contributed by atoms with Crippen LogP contribution in [0.5, 0.6) is 0 Å². The zero-order valence-corrected chi connectivity index (χ0v) is 13.0. The van der Waals surface area contributed by atoms with Gasteiger partial charge < -0.3 is 5.32 Å². The van der Waals surface area contributed by atoms with Crippen molar-refractivity contribution in [2.45, 2.75) is 32.1 Å². The van der Waals surface area contributed by atoms with Crippen LogP contribution in [0.25, 0.3) is 0 Å². The van der Waals surface area contributed by atoms with Gasteiger partial charge in [0.25, 0.3) is 0 Å². The van der Waals surface area contributed by atoms with Crippen LogP contribution in [0.15, 0.2) is 17.2 Å². The van der Waals surface area contributed by atoms with Gasteiger partial charge >= 0.3 is 0 Å². The molecular formula is C12H20ClN3O2S. The van der Waals surface area contributed by atoms with Crippen LogP contribution in [-0.2, 0) is 10.0 Å². The molecule has 5 nitrogen and oxygen atoms in total. The molecule has 2 N–H and O–H groups in total. The van der Waals surface area contributed by atoms with E-state index in [1.807, 2.05) is 20.8 Å². The number of sulfonamides is 1. The lowest BCUT2D eigenvalue weighted by Crippen LogP contribution is -2.27. The maximum absolute atomic E-state index is 12.0. The second-order valence-electron chi connectivity index (χ2n) is 4.67. The van der Waals surface area contributed by atoms with E-state index in [4.69, 9.17) is 11.6 Å². The van der Waals surface area contributed by atoms with Crippen molar-refractivity contribution in [1.29, 1.82) is 0 Å². The average molecular weight is 306 g/mol. The van der Waals surface area contributed by atoms with Gasteiger partial charge in [-0.05, 0) is 18.4 Å². The fourth-order valence-electron chi connectivity index (χ4n) is 1.30. The Morgan fingerprint density at radius 1 is 1.42 bits per heavy atom. The highest BCUT2D eigenvalue weighted by Crippen LogP contribution is 2.22. The number of halogens is 1. The zero-order valence-electron chi connectivity index (χ0n) is 11.4. The summed E-state index contributed by atoms with van der Waals surface area (Å²) in [6, 6.07) is 1.41. The SMILES string of the molecule is CCCNc1ncc(S(=O)(=O)NCC(C)C)cc1Cl. The maximum Gasteiger partial charge on any atom is 0.242 e. The quantitative estimate of drug-likeness (QED) is 0.812. The number of nitrogens with zero attached hydrogens (tertiary/aromatic N) is 1. The minimum absolute atomic E-state index is 0.0835. The number of hydrogen-bond donors (Lipinski definition) is 2. The molecule has 0 fully saturated rings. The number of anilines is 1. The van der Waals surface area contributed by atoms with Crippen LogP contribution in [0, 0.1) is 5.92 Å². The number of aromatic nitrogens is 1. The highest BCUT2D eigenvalue weighted by atomic mass is 35.5. The Morgan fingerprint density at radius 2 is 2.11 bits per heavy atom. The number of hydrogen-bond acceptors (Lipinski definition) is 4. The summed E-state index contributed by atoms with van der Waals surface area (Å²) in [5, 5.41) is 3.34. The summed E-state index contributed by atoms with van der Waals surface area (Å²) >= 11 is 6.02. The minimum atomic E-state index is -3.54. The van der Waals surface area contributed by atoms with Crippen LogP contribution in [0.2, 0.25) is 5.02 Å². The van der Waals surface area contributed by atoms with Crippen molar-refractivity contribution >= 4 is 27.4 Å². The Bertz CT molecular complexity index is 518. The van der Waals surface area contributed by atoms with Gasteiger partial charge in [-0.2, -0.15) is 0 Å². The molecule has 0 spiro atoms. The van der Waals surface area contributed by atoms with Crippen molar-refractivity contribution in [2.75, 3.05) is 18.4 Å². The molecule has 0 aliphatic carbocycles. The summed E-state index contributed by atoms with van der Waals surface area (Å²) in [5.41, 5.74) is 0. The van der Waals surface area contributed by atoms with Crippen molar-refractivity contribution in [1.82, 2.24) is 9.71 Å².